The quantitative estimate of drug-likeness (QED) is 0.510. The summed E-state index contributed by atoms with van der Waals surface area (Å²) in [6.45, 7) is 3.62. The highest BCUT2D eigenvalue weighted by molar-refractivity contribution is 5.47. The van der Waals surface area contributed by atoms with Gasteiger partial charge in [0.05, 0.1) is 13.7 Å². The second kappa shape index (κ2) is 9.68. The van der Waals surface area contributed by atoms with Crippen LogP contribution in [-0.2, 0) is 11.3 Å². The fraction of sp³-hybridized carbons (Fsp3) is 0.625. The van der Waals surface area contributed by atoms with Crippen LogP contribution in [0.25, 0.3) is 0 Å². The molecular weight excluding hydrogens is 238 g/mol. The van der Waals surface area contributed by atoms with Crippen molar-refractivity contribution in [3.05, 3.63) is 23.8 Å². The van der Waals surface area contributed by atoms with E-state index in [-0.39, 0.29) is 0 Å². The molecule has 108 valence electrons. The summed E-state index contributed by atoms with van der Waals surface area (Å²) in [5.41, 5.74) is 7.54. The number of ether oxygens (including phenoxy) is 2. The molecule has 0 aliphatic heterocycles. The third-order valence-electron chi connectivity index (χ3n) is 3.20. The Balaban J connectivity index is 2.17. The molecule has 1 aromatic rings. The number of hydrogen-bond acceptors (Lipinski definition) is 3. The third-order valence-corrected chi connectivity index (χ3v) is 3.20. The van der Waals surface area contributed by atoms with Gasteiger partial charge < -0.3 is 15.2 Å². The Morgan fingerprint density at radius 3 is 2.53 bits per heavy atom. The van der Waals surface area contributed by atoms with E-state index in [1.54, 1.807) is 7.11 Å². The van der Waals surface area contributed by atoms with Crippen LogP contribution < -0.4 is 10.5 Å². The smallest absolute Gasteiger partial charge is 0.124 e. The van der Waals surface area contributed by atoms with Gasteiger partial charge in [0.25, 0.3) is 0 Å². The van der Waals surface area contributed by atoms with Crippen LogP contribution in [0.1, 0.15) is 51.0 Å². The van der Waals surface area contributed by atoms with E-state index >= 15 is 0 Å². The van der Waals surface area contributed by atoms with E-state index in [1.165, 1.54) is 32.1 Å². The van der Waals surface area contributed by atoms with Crippen LogP contribution in [0.5, 0.6) is 5.75 Å². The highest BCUT2D eigenvalue weighted by atomic mass is 16.5. The SMILES string of the molecule is CCCCCCCCOCc1cc(N)ccc1OC. The molecule has 0 bridgehead atoms. The summed E-state index contributed by atoms with van der Waals surface area (Å²) in [4.78, 5) is 0. The molecule has 0 heterocycles. The minimum atomic E-state index is 0.573. The number of benzene rings is 1. The van der Waals surface area contributed by atoms with E-state index in [2.05, 4.69) is 6.92 Å². The molecule has 0 atom stereocenters. The van der Waals surface area contributed by atoms with Gasteiger partial charge in [0.2, 0.25) is 0 Å². The largest absolute Gasteiger partial charge is 0.496 e. The van der Waals surface area contributed by atoms with Crippen molar-refractivity contribution in [2.45, 2.75) is 52.1 Å². The van der Waals surface area contributed by atoms with E-state index in [0.717, 1.165) is 30.0 Å². The van der Waals surface area contributed by atoms with Crippen LogP contribution in [0.2, 0.25) is 0 Å². The van der Waals surface area contributed by atoms with Crippen molar-refractivity contribution in [1.82, 2.24) is 0 Å². The number of unbranched alkanes of at least 4 members (excludes halogenated alkanes) is 5. The third kappa shape index (κ3) is 6.48. The maximum atomic E-state index is 5.77. The molecule has 0 amide bonds. The fourth-order valence-corrected chi connectivity index (χ4v) is 2.08. The lowest BCUT2D eigenvalue weighted by molar-refractivity contribution is 0.115. The van der Waals surface area contributed by atoms with Crippen LogP contribution in [-0.4, -0.2) is 13.7 Å². The molecule has 2 N–H and O–H groups in total. The molecule has 1 rings (SSSR count). The van der Waals surface area contributed by atoms with Gasteiger partial charge in [-0.15, -0.1) is 0 Å². The monoisotopic (exact) mass is 265 g/mol. The van der Waals surface area contributed by atoms with Gasteiger partial charge in [-0.05, 0) is 24.6 Å². The van der Waals surface area contributed by atoms with Crippen molar-refractivity contribution in [2.75, 3.05) is 19.5 Å². The highest BCUT2D eigenvalue weighted by Crippen LogP contribution is 2.21. The molecule has 19 heavy (non-hydrogen) atoms. The lowest BCUT2D eigenvalue weighted by atomic mass is 10.1. The zero-order chi connectivity index (χ0) is 13.9. The highest BCUT2D eigenvalue weighted by Gasteiger charge is 2.03. The summed E-state index contributed by atoms with van der Waals surface area (Å²) < 4.78 is 11.0. The fourth-order valence-electron chi connectivity index (χ4n) is 2.08. The molecule has 0 aliphatic rings. The van der Waals surface area contributed by atoms with Crippen molar-refractivity contribution >= 4 is 5.69 Å². The molecule has 0 aliphatic carbocycles. The lowest BCUT2D eigenvalue weighted by Crippen LogP contribution is -1.99. The maximum absolute atomic E-state index is 5.77. The molecule has 0 saturated carbocycles. The van der Waals surface area contributed by atoms with Crippen molar-refractivity contribution in [2.24, 2.45) is 0 Å². The number of nitrogen functional groups attached to an aromatic ring is 1. The van der Waals surface area contributed by atoms with Gasteiger partial charge in [-0.1, -0.05) is 39.0 Å². The first-order chi connectivity index (χ1) is 9.27. The molecule has 0 fully saturated rings. The van der Waals surface area contributed by atoms with Gasteiger partial charge in [0.15, 0.2) is 0 Å². The summed E-state index contributed by atoms with van der Waals surface area (Å²) in [6, 6.07) is 5.65. The predicted molar refractivity (Wildman–Crippen MR) is 80.4 cm³/mol. The van der Waals surface area contributed by atoms with Crippen molar-refractivity contribution < 1.29 is 9.47 Å². The van der Waals surface area contributed by atoms with Gasteiger partial charge in [-0.25, -0.2) is 0 Å². The van der Waals surface area contributed by atoms with E-state index < -0.39 is 0 Å². The molecule has 0 unspecified atom stereocenters. The van der Waals surface area contributed by atoms with Gasteiger partial charge >= 0.3 is 0 Å². The molecule has 0 saturated heterocycles. The van der Waals surface area contributed by atoms with E-state index in [0.29, 0.717) is 6.61 Å². The Morgan fingerprint density at radius 1 is 1.05 bits per heavy atom. The summed E-state index contributed by atoms with van der Waals surface area (Å²) in [5.74, 6) is 0.845. The van der Waals surface area contributed by atoms with E-state index in [4.69, 9.17) is 15.2 Å². The molecule has 0 aromatic heterocycles. The standard InChI is InChI=1S/C16H27NO2/c1-3-4-5-6-7-8-11-19-13-14-12-15(17)9-10-16(14)18-2/h9-10,12H,3-8,11,13,17H2,1-2H3. The minimum Gasteiger partial charge on any atom is -0.496 e. The zero-order valence-corrected chi connectivity index (χ0v) is 12.3. The number of nitrogens with two attached hydrogens (primary N) is 1. The second-order valence-electron chi connectivity index (χ2n) is 4.89. The maximum Gasteiger partial charge on any atom is 0.124 e. The van der Waals surface area contributed by atoms with Gasteiger partial charge in [0, 0.05) is 17.9 Å². The summed E-state index contributed by atoms with van der Waals surface area (Å²) in [5, 5.41) is 0. The zero-order valence-electron chi connectivity index (χ0n) is 12.3. The van der Waals surface area contributed by atoms with Crippen LogP contribution in [0, 0.1) is 0 Å². The van der Waals surface area contributed by atoms with Crippen molar-refractivity contribution in [1.29, 1.82) is 0 Å². The van der Waals surface area contributed by atoms with Crippen molar-refractivity contribution in [3.63, 3.8) is 0 Å². The van der Waals surface area contributed by atoms with Crippen LogP contribution in [0.4, 0.5) is 5.69 Å². The lowest BCUT2D eigenvalue weighted by Gasteiger charge is -2.10. The van der Waals surface area contributed by atoms with Crippen LogP contribution in [0.15, 0.2) is 18.2 Å². The first-order valence-corrected chi connectivity index (χ1v) is 7.28. The summed E-state index contributed by atoms with van der Waals surface area (Å²) in [7, 11) is 1.67. The van der Waals surface area contributed by atoms with Crippen molar-refractivity contribution in [3.8, 4) is 5.75 Å². The normalized spacial score (nSPS) is 10.6. The second-order valence-corrected chi connectivity index (χ2v) is 4.89. The minimum absolute atomic E-state index is 0.573. The Hall–Kier alpha value is -1.22. The average molecular weight is 265 g/mol. The average Bonchev–Trinajstić information content (AvgIpc) is 2.42. The predicted octanol–water partition coefficient (Wildman–Crippen LogP) is 4.15. The molecule has 3 heteroatoms. The molecule has 0 spiro atoms. The Kier molecular flexibility index (Phi) is 8.07. The van der Waals surface area contributed by atoms with E-state index in [1.807, 2.05) is 18.2 Å². The number of anilines is 1. The Labute approximate surface area is 117 Å². The summed E-state index contributed by atoms with van der Waals surface area (Å²) in [6.07, 6.45) is 7.70. The van der Waals surface area contributed by atoms with E-state index in [9.17, 15) is 0 Å². The number of hydrogen-bond donors (Lipinski definition) is 1. The first-order valence-electron chi connectivity index (χ1n) is 7.28. The van der Waals surface area contributed by atoms with Crippen LogP contribution in [0.3, 0.4) is 0 Å². The number of rotatable bonds is 10. The topological polar surface area (TPSA) is 44.5 Å². The van der Waals surface area contributed by atoms with Crippen LogP contribution >= 0.6 is 0 Å². The Morgan fingerprint density at radius 2 is 1.79 bits per heavy atom. The molecule has 0 radical (unpaired) electrons. The molecule has 1 aromatic carbocycles. The van der Waals surface area contributed by atoms with Gasteiger partial charge in [-0.3, -0.25) is 0 Å². The van der Waals surface area contributed by atoms with Gasteiger partial charge in [0.1, 0.15) is 5.75 Å². The summed E-state index contributed by atoms with van der Waals surface area (Å²) >= 11 is 0. The molecule has 3 nitrogen and oxygen atoms in total. The first kappa shape index (κ1) is 15.8. The van der Waals surface area contributed by atoms with Gasteiger partial charge in [-0.2, -0.15) is 0 Å². The Bertz CT molecular complexity index is 353. The number of methoxy groups -OCH3 is 1. The molecular formula is C16H27NO2.